The Morgan fingerprint density at radius 3 is 2.50 bits per heavy atom. The van der Waals surface area contributed by atoms with Crippen LogP contribution in [0.5, 0.6) is 0 Å². The van der Waals surface area contributed by atoms with Crippen LogP contribution in [0.4, 0.5) is 0 Å². The van der Waals surface area contributed by atoms with Gasteiger partial charge in [-0.3, -0.25) is 4.79 Å². The van der Waals surface area contributed by atoms with Crippen LogP contribution in [0.25, 0.3) is 0 Å². The maximum atomic E-state index is 12.2. The topological polar surface area (TPSA) is 52.6 Å². The minimum Gasteiger partial charge on any atom is -0.462 e. The lowest BCUT2D eigenvalue weighted by Crippen LogP contribution is -2.32. The molecule has 2 rings (SSSR count). The third-order valence-corrected chi connectivity index (χ3v) is 3.63. The van der Waals surface area contributed by atoms with E-state index in [9.17, 15) is 9.59 Å². The maximum Gasteiger partial charge on any atom is 0.338 e. The van der Waals surface area contributed by atoms with E-state index in [4.69, 9.17) is 15.9 Å². The molecule has 2 atom stereocenters. The zero-order valence-electron chi connectivity index (χ0n) is 12.7. The van der Waals surface area contributed by atoms with Crippen LogP contribution in [-0.2, 0) is 14.3 Å². The van der Waals surface area contributed by atoms with Crippen molar-refractivity contribution in [3.05, 3.63) is 47.0 Å². The molecule has 0 fully saturated rings. The van der Waals surface area contributed by atoms with Gasteiger partial charge in [0.05, 0.1) is 5.56 Å². The standard InChI is InChI=1S/C18H18O4/c1-4-14-10-16(21-13(3)19)11-17(12(14)2)22-18(20)15-8-6-5-7-9-15/h1,5-9,16-17H,10-11H2,2-3H3/t16-,17+/m0/s1. The van der Waals surface area contributed by atoms with Gasteiger partial charge in [0, 0.05) is 25.3 Å². The average Bonchev–Trinajstić information content (AvgIpc) is 2.50. The monoisotopic (exact) mass is 298 g/mol. The van der Waals surface area contributed by atoms with Crippen LogP contribution in [0.15, 0.2) is 41.5 Å². The molecule has 0 radical (unpaired) electrons. The summed E-state index contributed by atoms with van der Waals surface area (Å²) in [4.78, 5) is 23.3. The van der Waals surface area contributed by atoms with Gasteiger partial charge in [-0.2, -0.15) is 0 Å². The number of rotatable bonds is 3. The summed E-state index contributed by atoms with van der Waals surface area (Å²) in [5, 5.41) is 0. The Balaban J connectivity index is 2.16. The molecular weight excluding hydrogens is 280 g/mol. The Labute approximate surface area is 130 Å². The lowest BCUT2D eigenvalue weighted by molar-refractivity contribution is -0.147. The number of benzene rings is 1. The third-order valence-electron chi connectivity index (χ3n) is 3.63. The third kappa shape index (κ3) is 3.76. The highest BCUT2D eigenvalue weighted by Gasteiger charge is 2.31. The van der Waals surface area contributed by atoms with Crippen molar-refractivity contribution in [2.24, 2.45) is 0 Å². The van der Waals surface area contributed by atoms with E-state index in [-0.39, 0.29) is 12.1 Å². The van der Waals surface area contributed by atoms with Crippen molar-refractivity contribution in [3.8, 4) is 12.3 Å². The van der Waals surface area contributed by atoms with Crippen molar-refractivity contribution in [2.45, 2.75) is 38.9 Å². The molecule has 0 saturated carbocycles. The summed E-state index contributed by atoms with van der Waals surface area (Å²) < 4.78 is 10.8. The summed E-state index contributed by atoms with van der Waals surface area (Å²) in [6.07, 6.45) is 5.58. The Bertz CT molecular complexity index is 637. The van der Waals surface area contributed by atoms with E-state index in [2.05, 4.69) is 5.92 Å². The van der Waals surface area contributed by atoms with Gasteiger partial charge in [0.25, 0.3) is 0 Å². The Morgan fingerprint density at radius 2 is 1.91 bits per heavy atom. The quantitative estimate of drug-likeness (QED) is 0.636. The van der Waals surface area contributed by atoms with Crippen molar-refractivity contribution in [2.75, 3.05) is 0 Å². The molecule has 0 N–H and O–H groups in total. The molecule has 0 heterocycles. The van der Waals surface area contributed by atoms with Gasteiger partial charge in [-0.25, -0.2) is 4.79 Å². The fourth-order valence-electron chi connectivity index (χ4n) is 2.49. The summed E-state index contributed by atoms with van der Waals surface area (Å²) in [7, 11) is 0. The molecule has 4 nitrogen and oxygen atoms in total. The molecule has 0 amide bonds. The lowest BCUT2D eigenvalue weighted by Gasteiger charge is -2.30. The molecule has 0 unspecified atom stereocenters. The van der Waals surface area contributed by atoms with E-state index < -0.39 is 12.1 Å². The largest absolute Gasteiger partial charge is 0.462 e. The molecule has 0 bridgehead atoms. The molecule has 22 heavy (non-hydrogen) atoms. The maximum absolute atomic E-state index is 12.2. The second-order valence-corrected chi connectivity index (χ2v) is 5.24. The summed E-state index contributed by atoms with van der Waals surface area (Å²) >= 11 is 0. The normalized spacial score (nSPS) is 21.0. The predicted molar refractivity (Wildman–Crippen MR) is 82.0 cm³/mol. The summed E-state index contributed by atoms with van der Waals surface area (Å²) in [5.74, 6) is 1.82. The molecule has 1 aliphatic carbocycles. The van der Waals surface area contributed by atoms with E-state index in [1.165, 1.54) is 6.92 Å². The smallest absolute Gasteiger partial charge is 0.338 e. The van der Waals surface area contributed by atoms with Gasteiger partial charge in [0.2, 0.25) is 0 Å². The fourth-order valence-corrected chi connectivity index (χ4v) is 2.49. The Kier molecular flexibility index (Phi) is 5.00. The van der Waals surface area contributed by atoms with Crippen molar-refractivity contribution >= 4 is 11.9 Å². The highest BCUT2D eigenvalue weighted by molar-refractivity contribution is 5.89. The van der Waals surface area contributed by atoms with Crippen LogP contribution in [0, 0.1) is 12.3 Å². The molecular formula is C18H18O4. The minimum absolute atomic E-state index is 0.360. The van der Waals surface area contributed by atoms with Gasteiger partial charge < -0.3 is 9.47 Å². The molecule has 0 saturated heterocycles. The zero-order chi connectivity index (χ0) is 16.1. The average molecular weight is 298 g/mol. The van der Waals surface area contributed by atoms with Crippen molar-refractivity contribution in [3.63, 3.8) is 0 Å². The molecule has 4 heteroatoms. The number of esters is 2. The Morgan fingerprint density at radius 1 is 1.23 bits per heavy atom. The summed E-state index contributed by atoms with van der Waals surface area (Å²) in [6, 6.07) is 8.75. The van der Waals surface area contributed by atoms with Gasteiger partial charge in [0.1, 0.15) is 12.2 Å². The summed E-state index contributed by atoms with van der Waals surface area (Å²) in [6.45, 7) is 3.20. The van der Waals surface area contributed by atoms with Crippen LogP contribution < -0.4 is 0 Å². The first-order chi connectivity index (χ1) is 10.5. The molecule has 114 valence electrons. The van der Waals surface area contributed by atoms with Crippen LogP contribution in [0.1, 0.15) is 37.0 Å². The molecule has 0 aliphatic heterocycles. The SMILES string of the molecule is C#CC1=C(C)[C@H](OC(=O)c2ccccc2)C[C@@H](OC(C)=O)C1. The number of carbonyl (C=O) groups is 2. The predicted octanol–water partition coefficient (Wildman–Crippen LogP) is 2.89. The summed E-state index contributed by atoms with van der Waals surface area (Å²) in [5.41, 5.74) is 2.05. The van der Waals surface area contributed by atoms with Crippen LogP contribution in [0.3, 0.4) is 0 Å². The molecule has 1 aromatic carbocycles. The molecule has 1 aliphatic rings. The minimum atomic E-state index is -0.475. The number of hydrogen-bond acceptors (Lipinski definition) is 4. The highest BCUT2D eigenvalue weighted by atomic mass is 16.6. The first kappa shape index (κ1) is 15.8. The van der Waals surface area contributed by atoms with E-state index in [0.717, 1.165) is 11.1 Å². The van der Waals surface area contributed by atoms with Gasteiger partial charge in [0.15, 0.2) is 0 Å². The van der Waals surface area contributed by atoms with Crippen molar-refractivity contribution in [1.82, 2.24) is 0 Å². The van der Waals surface area contributed by atoms with E-state index in [1.807, 2.05) is 13.0 Å². The van der Waals surface area contributed by atoms with Gasteiger partial charge in [-0.1, -0.05) is 24.1 Å². The van der Waals surface area contributed by atoms with Crippen LogP contribution >= 0.6 is 0 Å². The zero-order valence-corrected chi connectivity index (χ0v) is 12.7. The van der Waals surface area contributed by atoms with E-state index >= 15 is 0 Å². The first-order valence-electron chi connectivity index (χ1n) is 7.10. The number of terminal acetylenes is 1. The van der Waals surface area contributed by atoms with Crippen molar-refractivity contribution in [1.29, 1.82) is 0 Å². The van der Waals surface area contributed by atoms with Gasteiger partial charge >= 0.3 is 11.9 Å². The van der Waals surface area contributed by atoms with E-state index in [0.29, 0.717) is 18.4 Å². The number of carbonyl (C=O) groups excluding carboxylic acids is 2. The first-order valence-corrected chi connectivity index (χ1v) is 7.10. The number of hydrogen-bond donors (Lipinski definition) is 0. The van der Waals surface area contributed by atoms with Crippen LogP contribution in [0.2, 0.25) is 0 Å². The second-order valence-electron chi connectivity index (χ2n) is 5.24. The molecule has 0 aromatic heterocycles. The van der Waals surface area contributed by atoms with Gasteiger partial charge in [-0.05, 0) is 24.6 Å². The van der Waals surface area contributed by atoms with Gasteiger partial charge in [-0.15, -0.1) is 6.42 Å². The molecule has 0 spiro atoms. The van der Waals surface area contributed by atoms with Crippen LogP contribution in [-0.4, -0.2) is 24.1 Å². The molecule has 1 aromatic rings. The van der Waals surface area contributed by atoms with E-state index in [1.54, 1.807) is 24.3 Å². The van der Waals surface area contributed by atoms with Crippen molar-refractivity contribution < 1.29 is 19.1 Å². The highest BCUT2D eigenvalue weighted by Crippen LogP contribution is 2.29. The lowest BCUT2D eigenvalue weighted by atomic mass is 9.88. The number of ether oxygens (including phenoxy) is 2. The second kappa shape index (κ2) is 6.95. The fraction of sp³-hybridized carbons (Fsp3) is 0.333. The Hall–Kier alpha value is -2.54.